The number of rotatable bonds is 6. The van der Waals surface area contributed by atoms with Gasteiger partial charge in [-0.1, -0.05) is 13.3 Å². The van der Waals surface area contributed by atoms with Crippen molar-refractivity contribution in [3.8, 4) is 5.75 Å². The van der Waals surface area contributed by atoms with E-state index in [2.05, 4.69) is 11.8 Å². The van der Waals surface area contributed by atoms with E-state index in [1.165, 1.54) is 31.4 Å². The van der Waals surface area contributed by atoms with Crippen molar-refractivity contribution in [1.82, 2.24) is 4.90 Å². The van der Waals surface area contributed by atoms with Crippen molar-refractivity contribution in [2.45, 2.75) is 31.1 Å². The molecule has 118 valence electrons. The second kappa shape index (κ2) is 7.24. The smallest absolute Gasteiger partial charge is 0.238 e. The van der Waals surface area contributed by atoms with E-state index in [1.807, 2.05) is 0 Å². The summed E-state index contributed by atoms with van der Waals surface area (Å²) in [7, 11) is -3.63. The molecule has 5 nitrogen and oxygen atoms in total. The summed E-state index contributed by atoms with van der Waals surface area (Å²) >= 11 is 0. The average Bonchev–Trinajstić information content (AvgIpc) is 2.47. The first-order chi connectivity index (χ1) is 9.99. The topological polar surface area (TPSA) is 72.6 Å². The molecule has 6 heteroatoms. The summed E-state index contributed by atoms with van der Waals surface area (Å²) < 4.78 is 28.0. The Labute approximate surface area is 127 Å². The lowest BCUT2D eigenvalue weighted by Crippen LogP contribution is -2.37. The minimum Gasteiger partial charge on any atom is -0.492 e. The molecule has 1 aliphatic rings. The summed E-state index contributed by atoms with van der Waals surface area (Å²) in [6.07, 6.45) is 3.84. The molecule has 21 heavy (non-hydrogen) atoms. The Morgan fingerprint density at radius 1 is 1.33 bits per heavy atom. The van der Waals surface area contributed by atoms with Gasteiger partial charge in [0, 0.05) is 13.1 Å². The fourth-order valence-electron chi connectivity index (χ4n) is 2.71. The molecule has 0 aromatic heterocycles. The minimum absolute atomic E-state index is 0.108. The lowest BCUT2D eigenvalue weighted by Gasteiger charge is -2.32. The van der Waals surface area contributed by atoms with Gasteiger partial charge in [0.25, 0.3) is 0 Å². The largest absolute Gasteiger partial charge is 0.492 e. The van der Waals surface area contributed by atoms with Crippen LogP contribution >= 0.6 is 0 Å². The number of nitrogens with zero attached hydrogens (tertiary/aromatic N) is 1. The predicted octanol–water partition coefficient (Wildman–Crippen LogP) is 1.83. The van der Waals surface area contributed by atoms with Crippen LogP contribution in [0.1, 0.15) is 26.2 Å². The summed E-state index contributed by atoms with van der Waals surface area (Å²) in [5.74, 6) is 1.49. The molecule has 0 spiro atoms. The Kier molecular flexibility index (Phi) is 5.61. The molecule has 1 heterocycles. The highest BCUT2D eigenvalue weighted by Crippen LogP contribution is 2.19. The summed E-state index contributed by atoms with van der Waals surface area (Å²) in [6, 6.07) is 6.23. The van der Waals surface area contributed by atoms with E-state index < -0.39 is 10.0 Å². The lowest BCUT2D eigenvalue weighted by atomic mass is 9.96. The van der Waals surface area contributed by atoms with Crippen LogP contribution in [0.15, 0.2) is 29.2 Å². The van der Waals surface area contributed by atoms with Crippen molar-refractivity contribution < 1.29 is 13.2 Å². The lowest BCUT2D eigenvalue weighted by molar-refractivity contribution is 0.145. The van der Waals surface area contributed by atoms with E-state index in [0.717, 1.165) is 25.6 Å². The van der Waals surface area contributed by atoms with Crippen LogP contribution in [0, 0.1) is 5.92 Å². The normalized spacial score (nSPS) is 20.4. The SMILES string of the molecule is CC[C@@H]1CCCN(CCOc2ccc(S(N)(=O)=O)cc2)C1. The highest BCUT2D eigenvalue weighted by molar-refractivity contribution is 7.89. The van der Waals surface area contributed by atoms with Gasteiger partial charge < -0.3 is 4.74 Å². The third-order valence-electron chi connectivity index (χ3n) is 4.01. The van der Waals surface area contributed by atoms with Crippen molar-refractivity contribution in [3.05, 3.63) is 24.3 Å². The molecule has 0 aliphatic carbocycles. The quantitative estimate of drug-likeness (QED) is 0.870. The Balaban J connectivity index is 1.78. The van der Waals surface area contributed by atoms with Gasteiger partial charge in [-0.3, -0.25) is 4.90 Å². The second-order valence-corrected chi connectivity index (χ2v) is 7.14. The maximum Gasteiger partial charge on any atom is 0.238 e. The van der Waals surface area contributed by atoms with E-state index >= 15 is 0 Å². The van der Waals surface area contributed by atoms with Crippen LogP contribution in [-0.2, 0) is 10.0 Å². The van der Waals surface area contributed by atoms with Crippen LogP contribution in [0.5, 0.6) is 5.75 Å². The van der Waals surface area contributed by atoms with Gasteiger partial charge in [-0.15, -0.1) is 0 Å². The van der Waals surface area contributed by atoms with Crippen LogP contribution in [0.25, 0.3) is 0 Å². The number of benzene rings is 1. The maximum absolute atomic E-state index is 11.2. The molecular weight excluding hydrogens is 288 g/mol. The number of hydrogen-bond donors (Lipinski definition) is 1. The first-order valence-corrected chi connectivity index (χ1v) is 9.01. The number of nitrogens with two attached hydrogens (primary N) is 1. The van der Waals surface area contributed by atoms with E-state index in [4.69, 9.17) is 9.88 Å². The zero-order valence-corrected chi connectivity index (χ0v) is 13.3. The number of ether oxygens (including phenoxy) is 1. The molecule has 0 bridgehead atoms. The third-order valence-corrected chi connectivity index (χ3v) is 4.94. The summed E-state index contributed by atoms with van der Waals surface area (Å²) in [6.45, 7) is 6.07. The molecule has 1 saturated heterocycles. The molecule has 1 aliphatic heterocycles. The van der Waals surface area contributed by atoms with Gasteiger partial charge in [0.05, 0.1) is 4.90 Å². The number of likely N-dealkylation sites (tertiary alicyclic amines) is 1. The maximum atomic E-state index is 11.2. The Hall–Kier alpha value is -1.11. The second-order valence-electron chi connectivity index (χ2n) is 5.58. The van der Waals surface area contributed by atoms with E-state index in [1.54, 1.807) is 12.1 Å². The average molecular weight is 312 g/mol. The van der Waals surface area contributed by atoms with Gasteiger partial charge in [-0.05, 0) is 49.6 Å². The monoisotopic (exact) mass is 312 g/mol. The fraction of sp³-hybridized carbons (Fsp3) is 0.600. The van der Waals surface area contributed by atoms with Crippen molar-refractivity contribution in [2.24, 2.45) is 11.1 Å². The minimum atomic E-state index is -3.63. The molecule has 1 fully saturated rings. The molecule has 1 aromatic rings. The number of primary sulfonamides is 1. The van der Waals surface area contributed by atoms with Crippen LogP contribution < -0.4 is 9.88 Å². The molecule has 2 N–H and O–H groups in total. The standard InChI is InChI=1S/C15H24N2O3S/c1-2-13-4-3-9-17(12-13)10-11-20-14-5-7-15(8-6-14)21(16,18)19/h5-8,13H,2-4,9-12H2,1H3,(H2,16,18,19)/t13-/m1/s1. The van der Waals surface area contributed by atoms with Gasteiger partial charge in [0.2, 0.25) is 10.0 Å². The third kappa shape index (κ3) is 4.98. The summed E-state index contributed by atoms with van der Waals surface area (Å²) in [5, 5.41) is 5.06. The van der Waals surface area contributed by atoms with Crippen molar-refractivity contribution >= 4 is 10.0 Å². The molecule has 0 amide bonds. The molecular formula is C15H24N2O3S. The zero-order valence-electron chi connectivity index (χ0n) is 12.5. The predicted molar refractivity (Wildman–Crippen MR) is 82.8 cm³/mol. The van der Waals surface area contributed by atoms with Gasteiger partial charge >= 0.3 is 0 Å². The first kappa shape index (κ1) is 16.3. The summed E-state index contributed by atoms with van der Waals surface area (Å²) in [5.41, 5.74) is 0. The van der Waals surface area contributed by atoms with Crippen LogP contribution in [0.2, 0.25) is 0 Å². The number of piperidine rings is 1. The van der Waals surface area contributed by atoms with Crippen molar-refractivity contribution in [1.29, 1.82) is 0 Å². The highest BCUT2D eigenvalue weighted by atomic mass is 32.2. The molecule has 1 aromatic carbocycles. The van der Waals surface area contributed by atoms with Crippen molar-refractivity contribution in [3.63, 3.8) is 0 Å². The van der Waals surface area contributed by atoms with Crippen LogP contribution in [-0.4, -0.2) is 39.6 Å². The van der Waals surface area contributed by atoms with Crippen LogP contribution in [0.3, 0.4) is 0 Å². The van der Waals surface area contributed by atoms with Crippen molar-refractivity contribution in [2.75, 3.05) is 26.2 Å². The summed E-state index contributed by atoms with van der Waals surface area (Å²) in [4.78, 5) is 2.55. The molecule has 1 atom stereocenters. The fourth-order valence-corrected chi connectivity index (χ4v) is 3.22. The number of sulfonamides is 1. The van der Waals surface area contributed by atoms with Gasteiger partial charge in [0.1, 0.15) is 12.4 Å². The molecule has 0 radical (unpaired) electrons. The van der Waals surface area contributed by atoms with Gasteiger partial charge in [-0.25, -0.2) is 13.6 Å². The first-order valence-electron chi connectivity index (χ1n) is 7.47. The molecule has 0 unspecified atom stereocenters. The number of hydrogen-bond acceptors (Lipinski definition) is 4. The Bertz CT molecular complexity index is 543. The van der Waals surface area contributed by atoms with Gasteiger partial charge in [0.15, 0.2) is 0 Å². The Morgan fingerprint density at radius 2 is 2.05 bits per heavy atom. The Morgan fingerprint density at radius 3 is 2.67 bits per heavy atom. The van der Waals surface area contributed by atoms with E-state index in [-0.39, 0.29) is 4.90 Å². The van der Waals surface area contributed by atoms with Gasteiger partial charge in [-0.2, -0.15) is 0 Å². The zero-order chi connectivity index (χ0) is 15.3. The van der Waals surface area contributed by atoms with Crippen LogP contribution in [0.4, 0.5) is 0 Å². The molecule has 2 rings (SSSR count). The van der Waals surface area contributed by atoms with E-state index in [0.29, 0.717) is 12.4 Å². The highest BCUT2D eigenvalue weighted by Gasteiger charge is 2.17. The molecule has 0 saturated carbocycles. The van der Waals surface area contributed by atoms with E-state index in [9.17, 15) is 8.42 Å².